The van der Waals surface area contributed by atoms with E-state index < -0.39 is 47.7 Å². The second-order valence-corrected chi connectivity index (χ2v) is 9.06. The van der Waals surface area contributed by atoms with E-state index in [4.69, 9.17) is 0 Å². The maximum Gasteiger partial charge on any atom is 0.326 e. The van der Waals surface area contributed by atoms with E-state index in [0.29, 0.717) is 19.3 Å². The molecule has 0 aromatic rings. The van der Waals surface area contributed by atoms with Crippen LogP contribution >= 0.6 is 0 Å². The predicted octanol–water partition coefficient (Wildman–Crippen LogP) is 1.66. The van der Waals surface area contributed by atoms with Gasteiger partial charge in [-0.3, -0.25) is 9.59 Å². The summed E-state index contributed by atoms with van der Waals surface area (Å²) < 4.78 is 0. The van der Waals surface area contributed by atoms with E-state index in [1.165, 1.54) is 0 Å². The molecule has 0 heterocycles. The molecule has 29 heavy (non-hydrogen) atoms. The van der Waals surface area contributed by atoms with Crippen LogP contribution in [0.3, 0.4) is 0 Å². The van der Waals surface area contributed by atoms with Crippen molar-refractivity contribution >= 4 is 23.8 Å². The van der Waals surface area contributed by atoms with Gasteiger partial charge >= 0.3 is 11.9 Å². The number of carbonyl (C=O) groups excluding carboxylic acids is 2. The fourth-order valence-corrected chi connectivity index (χ4v) is 4.46. The fourth-order valence-electron chi connectivity index (χ4n) is 4.46. The average molecular weight is 408 g/mol. The molecule has 1 fully saturated rings. The molecule has 2 amide bonds. The third kappa shape index (κ3) is 5.58. The molecule has 8 heteroatoms. The molecule has 0 aromatic carbocycles. The summed E-state index contributed by atoms with van der Waals surface area (Å²) in [5, 5.41) is 24.0. The number of hydrogen-bond donors (Lipinski definition) is 4. The topological polar surface area (TPSA) is 133 Å². The van der Waals surface area contributed by atoms with Crippen molar-refractivity contribution in [2.24, 2.45) is 35.5 Å². The van der Waals surface area contributed by atoms with Crippen molar-refractivity contribution in [1.29, 1.82) is 0 Å². The number of carbonyl (C=O) groups is 4. The molecular weight excluding hydrogens is 376 g/mol. The van der Waals surface area contributed by atoms with Crippen LogP contribution in [0.4, 0.5) is 0 Å². The highest BCUT2D eigenvalue weighted by Gasteiger charge is 2.52. The SMILES string of the molecule is CC(C)C[C@H](NC(=O)[C@@H]1[C@H](C(=O)N[C@@H](CC(C)C)C(=O)O)[C@H]2C=C[C@@H]1C2)C(=O)O. The minimum Gasteiger partial charge on any atom is -0.480 e. The van der Waals surface area contributed by atoms with Gasteiger partial charge in [-0.2, -0.15) is 0 Å². The summed E-state index contributed by atoms with van der Waals surface area (Å²) in [6.07, 6.45) is 5.04. The van der Waals surface area contributed by atoms with Crippen LogP contribution < -0.4 is 10.6 Å². The van der Waals surface area contributed by atoms with Crippen LogP contribution in [0.1, 0.15) is 47.0 Å². The number of nitrogens with one attached hydrogen (secondary N) is 2. The fraction of sp³-hybridized carbons (Fsp3) is 0.714. The van der Waals surface area contributed by atoms with Gasteiger partial charge in [0, 0.05) is 0 Å². The van der Waals surface area contributed by atoms with Crippen LogP contribution in [-0.2, 0) is 19.2 Å². The van der Waals surface area contributed by atoms with Crippen LogP contribution in [0.5, 0.6) is 0 Å². The van der Waals surface area contributed by atoms with Gasteiger partial charge in [0.25, 0.3) is 0 Å². The first-order valence-corrected chi connectivity index (χ1v) is 10.3. The molecule has 2 bridgehead atoms. The third-order valence-corrected chi connectivity index (χ3v) is 5.71. The standard InChI is InChI=1S/C21H32N2O6/c1-10(2)7-14(20(26)27)22-18(24)16-12-5-6-13(9-12)17(16)19(25)23-15(21(28)29)8-11(3)4/h5-6,10-17H,7-9H2,1-4H3,(H,22,24)(H,23,25)(H,26,27)(H,28,29)/t12-,13+,14-,15-,16+,17-/m0/s1. The molecule has 0 spiro atoms. The van der Waals surface area contributed by atoms with Gasteiger partial charge in [0.1, 0.15) is 12.1 Å². The molecular formula is C21H32N2O6. The van der Waals surface area contributed by atoms with Gasteiger partial charge < -0.3 is 20.8 Å². The lowest BCUT2D eigenvalue weighted by Crippen LogP contribution is -2.51. The minimum absolute atomic E-state index is 0.0859. The summed E-state index contributed by atoms with van der Waals surface area (Å²) in [5.74, 6) is -4.60. The van der Waals surface area contributed by atoms with Gasteiger partial charge in [0.15, 0.2) is 0 Å². The second kappa shape index (κ2) is 9.41. The molecule has 0 radical (unpaired) electrons. The molecule has 162 valence electrons. The van der Waals surface area contributed by atoms with E-state index in [2.05, 4.69) is 10.6 Å². The van der Waals surface area contributed by atoms with Crippen molar-refractivity contribution < 1.29 is 29.4 Å². The maximum absolute atomic E-state index is 12.9. The maximum atomic E-state index is 12.9. The van der Waals surface area contributed by atoms with Gasteiger partial charge in [-0.15, -0.1) is 0 Å². The summed E-state index contributed by atoms with van der Waals surface area (Å²) in [7, 11) is 0. The largest absolute Gasteiger partial charge is 0.480 e. The zero-order chi connectivity index (χ0) is 21.9. The van der Waals surface area contributed by atoms with Gasteiger partial charge in [-0.05, 0) is 42.9 Å². The summed E-state index contributed by atoms with van der Waals surface area (Å²) in [4.78, 5) is 48.9. The summed E-state index contributed by atoms with van der Waals surface area (Å²) in [6.45, 7) is 7.50. The molecule has 0 saturated heterocycles. The van der Waals surface area contributed by atoms with E-state index >= 15 is 0 Å². The van der Waals surface area contributed by atoms with Crippen LogP contribution in [0.25, 0.3) is 0 Å². The van der Waals surface area contributed by atoms with E-state index in [1.807, 2.05) is 39.8 Å². The third-order valence-electron chi connectivity index (χ3n) is 5.71. The Morgan fingerprint density at radius 3 is 1.41 bits per heavy atom. The minimum atomic E-state index is -1.10. The van der Waals surface area contributed by atoms with Crippen LogP contribution in [0, 0.1) is 35.5 Å². The molecule has 6 atom stereocenters. The molecule has 1 saturated carbocycles. The predicted molar refractivity (Wildman–Crippen MR) is 106 cm³/mol. The Morgan fingerprint density at radius 1 is 0.793 bits per heavy atom. The number of allylic oxidation sites excluding steroid dienone is 2. The lowest BCUT2D eigenvalue weighted by Gasteiger charge is -2.29. The monoisotopic (exact) mass is 408 g/mol. The Hall–Kier alpha value is -2.38. The Balaban J connectivity index is 2.15. The second-order valence-electron chi connectivity index (χ2n) is 9.06. The van der Waals surface area contributed by atoms with Gasteiger partial charge in [0.2, 0.25) is 11.8 Å². The van der Waals surface area contributed by atoms with E-state index in [9.17, 15) is 29.4 Å². The van der Waals surface area contributed by atoms with Crippen molar-refractivity contribution in [1.82, 2.24) is 10.6 Å². The smallest absolute Gasteiger partial charge is 0.326 e. The highest BCUT2D eigenvalue weighted by Crippen LogP contribution is 2.48. The molecule has 2 aliphatic carbocycles. The zero-order valence-corrected chi connectivity index (χ0v) is 17.4. The van der Waals surface area contributed by atoms with Crippen LogP contribution in [0.15, 0.2) is 12.2 Å². The highest BCUT2D eigenvalue weighted by atomic mass is 16.4. The summed E-state index contributed by atoms with van der Waals surface area (Å²) >= 11 is 0. The lowest BCUT2D eigenvalue weighted by molar-refractivity contribution is -0.145. The van der Waals surface area contributed by atoms with Gasteiger partial charge in [-0.1, -0.05) is 39.8 Å². The van der Waals surface area contributed by atoms with Crippen molar-refractivity contribution in [3.8, 4) is 0 Å². The van der Waals surface area contributed by atoms with Crippen molar-refractivity contribution in [3.63, 3.8) is 0 Å². The first kappa shape index (κ1) is 22.9. The number of fused-ring (bicyclic) bond motifs is 2. The van der Waals surface area contributed by atoms with E-state index in [0.717, 1.165) is 0 Å². The first-order valence-electron chi connectivity index (χ1n) is 10.3. The lowest BCUT2D eigenvalue weighted by atomic mass is 9.81. The number of carboxylic acids is 2. The Kier molecular flexibility index (Phi) is 7.43. The number of rotatable bonds is 10. The van der Waals surface area contributed by atoms with Crippen molar-refractivity contribution in [2.45, 2.75) is 59.0 Å². The number of aliphatic carboxylic acids is 2. The molecule has 0 aliphatic heterocycles. The zero-order valence-electron chi connectivity index (χ0n) is 17.4. The van der Waals surface area contributed by atoms with E-state index in [-0.39, 0.29) is 23.7 Å². The molecule has 2 aliphatic rings. The van der Waals surface area contributed by atoms with Crippen molar-refractivity contribution in [2.75, 3.05) is 0 Å². The molecule has 0 unspecified atom stereocenters. The van der Waals surface area contributed by atoms with Crippen LogP contribution in [0.2, 0.25) is 0 Å². The quantitative estimate of drug-likeness (QED) is 0.406. The van der Waals surface area contributed by atoms with Crippen LogP contribution in [-0.4, -0.2) is 46.0 Å². The Bertz CT molecular complexity index is 631. The van der Waals surface area contributed by atoms with E-state index in [1.54, 1.807) is 0 Å². The Morgan fingerprint density at radius 2 is 1.14 bits per heavy atom. The molecule has 2 rings (SSSR count). The molecule has 8 nitrogen and oxygen atoms in total. The Labute approximate surface area is 171 Å². The molecule has 4 N–H and O–H groups in total. The normalized spacial score (nSPS) is 27.1. The van der Waals surface area contributed by atoms with Crippen molar-refractivity contribution in [3.05, 3.63) is 12.2 Å². The summed E-state index contributed by atoms with van der Waals surface area (Å²) in [5.41, 5.74) is 0. The number of hydrogen-bond acceptors (Lipinski definition) is 4. The average Bonchev–Trinajstić information content (AvgIpc) is 3.20. The number of carboxylic acid groups (broad SMARTS) is 2. The van der Waals surface area contributed by atoms with Gasteiger partial charge in [-0.25, -0.2) is 9.59 Å². The van der Waals surface area contributed by atoms with Gasteiger partial charge in [0.05, 0.1) is 11.8 Å². The summed E-state index contributed by atoms with van der Waals surface area (Å²) in [6, 6.07) is -2.02. The molecule has 0 aromatic heterocycles. The highest BCUT2D eigenvalue weighted by molar-refractivity contribution is 5.93. The first-order chi connectivity index (χ1) is 13.5. The number of amides is 2.